The van der Waals surface area contributed by atoms with E-state index in [2.05, 4.69) is 20.8 Å². The maximum absolute atomic E-state index is 2.40. The minimum absolute atomic E-state index is 1.02. The van der Waals surface area contributed by atoms with Crippen molar-refractivity contribution >= 4 is 0 Å². The zero-order chi connectivity index (χ0) is 18.4. The molecule has 0 heterocycles. The number of hydrogen-bond donors (Lipinski definition) is 0. The fourth-order valence-electron chi connectivity index (χ4n) is 4.04. The quantitative estimate of drug-likeness (QED) is 0.180. The third-order valence-electron chi connectivity index (χ3n) is 6.01. The molecule has 0 aliphatic carbocycles. The molecule has 0 heteroatoms. The van der Waals surface area contributed by atoms with E-state index in [4.69, 9.17) is 0 Å². The molecule has 1 unspecified atom stereocenters. The Bertz CT molecular complexity index is 220. The Balaban J connectivity index is 3.22. The molecule has 0 N–H and O–H groups in total. The predicted molar refractivity (Wildman–Crippen MR) is 117 cm³/mol. The summed E-state index contributed by atoms with van der Waals surface area (Å²) < 4.78 is 0. The molecule has 0 nitrogen and oxygen atoms in total. The standard InChI is InChI=1S/C25H52/c1-4-7-9-11-12-13-14-15-16-17-18-20-22-24-25(6-3)23-21-19-10-8-5-2/h25H,4-24H2,1-3H3. The molecule has 1 atom stereocenters. The summed E-state index contributed by atoms with van der Waals surface area (Å²) in [4.78, 5) is 0. The van der Waals surface area contributed by atoms with E-state index >= 15 is 0 Å². The van der Waals surface area contributed by atoms with E-state index < -0.39 is 0 Å². The fourth-order valence-corrected chi connectivity index (χ4v) is 4.04. The highest BCUT2D eigenvalue weighted by Gasteiger charge is 2.05. The molecular formula is C25H52. The van der Waals surface area contributed by atoms with Crippen LogP contribution in [0.25, 0.3) is 0 Å². The van der Waals surface area contributed by atoms with Gasteiger partial charge in [0.05, 0.1) is 0 Å². The molecule has 152 valence electrons. The van der Waals surface area contributed by atoms with Crippen molar-refractivity contribution in [1.82, 2.24) is 0 Å². The number of rotatable bonds is 21. The smallest absolute Gasteiger partial charge is 0.0417 e. The lowest BCUT2D eigenvalue weighted by molar-refractivity contribution is 0.393. The van der Waals surface area contributed by atoms with Gasteiger partial charge in [0.1, 0.15) is 0 Å². The maximum Gasteiger partial charge on any atom is -0.0417 e. The van der Waals surface area contributed by atoms with E-state index in [9.17, 15) is 0 Å². The van der Waals surface area contributed by atoms with Crippen LogP contribution >= 0.6 is 0 Å². The lowest BCUT2D eigenvalue weighted by Gasteiger charge is -2.14. The van der Waals surface area contributed by atoms with Crippen LogP contribution in [0, 0.1) is 5.92 Å². The summed E-state index contributed by atoms with van der Waals surface area (Å²) in [7, 11) is 0. The summed E-state index contributed by atoms with van der Waals surface area (Å²) in [6.07, 6.45) is 30.8. The molecule has 0 aromatic carbocycles. The van der Waals surface area contributed by atoms with E-state index in [0.29, 0.717) is 0 Å². The summed E-state index contributed by atoms with van der Waals surface area (Å²) in [6.45, 7) is 7.01. The first-order chi connectivity index (χ1) is 12.3. The average molecular weight is 353 g/mol. The minimum atomic E-state index is 1.02. The van der Waals surface area contributed by atoms with Crippen LogP contribution in [0.15, 0.2) is 0 Å². The largest absolute Gasteiger partial charge is 0.0654 e. The van der Waals surface area contributed by atoms with Crippen molar-refractivity contribution in [2.24, 2.45) is 5.92 Å². The Morgan fingerprint density at radius 3 is 0.920 bits per heavy atom. The predicted octanol–water partition coefficient (Wildman–Crippen LogP) is 9.85. The van der Waals surface area contributed by atoms with Crippen LogP contribution in [0.5, 0.6) is 0 Å². The molecule has 0 aliphatic rings. The van der Waals surface area contributed by atoms with Crippen molar-refractivity contribution in [3.05, 3.63) is 0 Å². The van der Waals surface area contributed by atoms with Crippen molar-refractivity contribution in [3.8, 4) is 0 Å². The fraction of sp³-hybridized carbons (Fsp3) is 1.00. The van der Waals surface area contributed by atoms with Crippen LogP contribution in [-0.4, -0.2) is 0 Å². The first-order valence-electron chi connectivity index (χ1n) is 12.3. The molecule has 0 saturated carbocycles. The van der Waals surface area contributed by atoms with Crippen molar-refractivity contribution < 1.29 is 0 Å². The molecule has 0 aliphatic heterocycles. The monoisotopic (exact) mass is 352 g/mol. The molecule has 0 bridgehead atoms. The van der Waals surface area contributed by atoms with E-state index in [1.54, 1.807) is 0 Å². The zero-order valence-electron chi connectivity index (χ0n) is 18.4. The molecule has 0 saturated heterocycles. The third kappa shape index (κ3) is 20.2. The Morgan fingerprint density at radius 2 is 0.640 bits per heavy atom. The van der Waals surface area contributed by atoms with Crippen LogP contribution < -0.4 is 0 Å². The van der Waals surface area contributed by atoms with Gasteiger partial charge in [0.25, 0.3) is 0 Å². The van der Waals surface area contributed by atoms with E-state index in [0.717, 1.165) is 5.92 Å². The summed E-state index contributed by atoms with van der Waals surface area (Å²) >= 11 is 0. The van der Waals surface area contributed by atoms with Gasteiger partial charge in [-0.3, -0.25) is 0 Å². The Labute approximate surface area is 161 Å². The first-order valence-corrected chi connectivity index (χ1v) is 12.3. The zero-order valence-corrected chi connectivity index (χ0v) is 18.4. The van der Waals surface area contributed by atoms with Gasteiger partial charge in [-0.05, 0) is 5.92 Å². The van der Waals surface area contributed by atoms with Crippen molar-refractivity contribution in [2.45, 2.75) is 156 Å². The Kier molecular flexibility index (Phi) is 22.0. The van der Waals surface area contributed by atoms with Crippen LogP contribution in [0.4, 0.5) is 0 Å². The first kappa shape index (κ1) is 25.0. The Morgan fingerprint density at radius 1 is 0.360 bits per heavy atom. The maximum atomic E-state index is 2.40. The molecule has 0 fully saturated rings. The second-order valence-corrected chi connectivity index (χ2v) is 8.51. The van der Waals surface area contributed by atoms with Crippen LogP contribution in [0.1, 0.15) is 156 Å². The van der Waals surface area contributed by atoms with E-state index in [1.807, 2.05) is 0 Å². The second kappa shape index (κ2) is 22.0. The van der Waals surface area contributed by atoms with Crippen molar-refractivity contribution in [2.75, 3.05) is 0 Å². The van der Waals surface area contributed by atoms with Gasteiger partial charge in [-0.1, -0.05) is 156 Å². The van der Waals surface area contributed by atoms with Crippen LogP contribution in [-0.2, 0) is 0 Å². The highest BCUT2D eigenvalue weighted by atomic mass is 14.1. The third-order valence-corrected chi connectivity index (χ3v) is 6.01. The van der Waals surface area contributed by atoms with Gasteiger partial charge in [0, 0.05) is 0 Å². The van der Waals surface area contributed by atoms with Gasteiger partial charge in [0.15, 0.2) is 0 Å². The van der Waals surface area contributed by atoms with Crippen LogP contribution in [0.3, 0.4) is 0 Å². The normalized spacial score (nSPS) is 12.6. The molecule has 0 amide bonds. The minimum Gasteiger partial charge on any atom is -0.0654 e. The summed E-state index contributed by atoms with van der Waals surface area (Å²) in [5.74, 6) is 1.02. The lowest BCUT2D eigenvalue weighted by Crippen LogP contribution is -1.99. The van der Waals surface area contributed by atoms with Crippen LogP contribution in [0.2, 0.25) is 0 Å². The van der Waals surface area contributed by atoms with Gasteiger partial charge < -0.3 is 0 Å². The summed E-state index contributed by atoms with van der Waals surface area (Å²) in [6, 6.07) is 0. The van der Waals surface area contributed by atoms with Gasteiger partial charge in [-0.2, -0.15) is 0 Å². The van der Waals surface area contributed by atoms with Gasteiger partial charge in [0.2, 0.25) is 0 Å². The molecule has 0 aromatic rings. The van der Waals surface area contributed by atoms with E-state index in [1.165, 1.54) is 135 Å². The number of unbranched alkanes of at least 4 members (excludes halogenated alkanes) is 16. The number of hydrogen-bond acceptors (Lipinski definition) is 0. The Hall–Kier alpha value is 0. The summed E-state index contributed by atoms with van der Waals surface area (Å²) in [5, 5.41) is 0. The highest BCUT2D eigenvalue weighted by molar-refractivity contribution is 4.59. The van der Waals surface area contributed by atoms with Gasteiger partial charge in [-0.25, -0.2) is 0 Å². The highest BCUT2D eigenvalue weighted by Crippen LogP contribution is 2.21. The SMILES string of the molecule is CCCCCCCCCCCCCCCC(CC)CCCCCCC. The molecule has 25 heavy (non-hydrogen) atoms. The van der Waals surface area contributed by atoms with E-state index in [-0.39, 0.29) is 0 Å². The van der Waals surface area contributed by atoms with Gasteiger partial charge >= 0.3 is 0 Å². The molecule has 0 aromatic heterocycles. The van der Waals surface area contributed by atoms with Crippen molar-refractivity contribution in [1.29, 1.82) is 0 Å². The average Bonchev–Trinajstić information content (AvgIpc) is 2.63. The molecule has 0 rings (SSSR count). The molecule has 0 radical (unpaired) electrons. The topological polar surface area (TPSA) is 0 Å². The van der Waals surface area contributed by atoms with Crippen molar-refractivity contribution in [3.63, 3.8) is 0 Å². The lowest BCUT2D eigenvalue weighted by atomic mass is 9.92. The molecular weight excluding hydrogens is 300 g/mol. The second-order valence-electron chi connectivity index (χ2n) is 8.51. The molecule has 0 spiro atoms. The van der Waals surface area contributed by atoms with Gasteiger partial charge in [-0.15, -0.1) is 0 Å². The summed E-state index contributed by atoms with van der Waals surface area (Å²) in [5.41, 5.74) is 0.